The largest absolute Gasteiger partial charge is 0.346 e. The van der Waals surface area contributed by atoms with Gasteiger partial charge in [0, 0.05) is 29.0 Å². The first-order valence-corrected chi connectivity index (χ1v) is 6.79. The molecule has 0 saturated carbocycles. The van der Waals surface area contributed by atoms with Gasteiger partial charge in [-0.1, -0.05) is 13.8 Å². The fourth-order valence-electron chi connectivity index (χ4n) is 1.97. The maximum atomic E-state index is 12.1. The van der Waals surface area contributed by atoms with Gasteiger partial charge in [-0.2, -0.15) is 0 Å². The number of hydrogen-bond acceptors (Lipinski definition) is 3. The summed E-state index contributed by atoms with van der Waals surface area (Å²) in [5, 5.41) is 2.99. The Morgan fingerprint density at radius 3 is 2.50 bits per heavy atom. The molecule has 1 unspecified atom stereocenters. The van der Waals surface area contributed by atoms with Gasteiger partial charge >= 0.3 is 0 Å². The number of carbonyl (C=O) groups is 1. The first kappa shape index (κ1) is 21.9. The van der Waals surface area contributed by atoms with Crippen LogP contribution in [0.3, 0.4) is 0 Å². The van der Waals surface area contributed by atoms with Crippen LogP contribution in [0.4, 0.5) is 0 Å². The minimum Gasteiger partial charge on any atom is -0.346 e. The van der Waals surface area contributed by atoms with Crippen LogP contribution >= 0.6 is 40.7 Å². The highest BCUT2D eigenvalue weighted by atomic mass is 79.9. The fourth-order valence-corrected chi connectivity index (χ4v) is 2.33. The monoisotopic (exact) mass is 385 g/mol. The van der Waals surface area contributed by atoms with Gasteiger partial charge in [0.2, 0.25) is 0 Å². The van der Waals surface area contributed by atoms with Crippen LogP contribution in [0.2, 0.25) is 0 Å². The van der Waals surface area contributed by atoms with Gasteiger partial charge < -0.3 is 11.1 Å². The van der Waals surface area contributed by atoms with E-state index in [1.165, 1.54) is 0 Å². The molecule has 116 valence electrons. The topological polar surface area (TPSA) is 68.0 Å². The molecule has 0 aliphatic heterocycles. The third kappa shape index (κ3) is 6.88. The lowest BCUT2D eigenvalue weighted by atomic mass is 9.90. The number of nitrogens with one attached hydrogen (secondary N) is 1. The maximum Gasteiger partial charge on any atom is 0.253 e. The molecule has 1 aromatic heterocycles. The van der Waals surface area contributed by atoms with Crippen LogP contribution in [0.25, 0.3) is 0 Å². The SMILES string of the molecule is CC(C)CC(C)(CN)NC(=O)c1cncc(Br)c1.Cl.Cl. The Kier molecular flexibility index (Phi) is 10.5. The van der Waals surface area contributed by atoms with Crippen molar-refractivity contribution in [3.63, 3.8) is 0 Å². The molecule has 1 heterocycles. The first-order chi connectivity index (χ1) is 8.36. The molecule has 3 N–H and O–H groups in total. The quantitative estimate of drug-likeness (QED) is 0.816. The molecule has 0 radical (unpaired) electrons. The van der Waals surface area contributed by atoms with Crippen molar-refractivity contribution in [1.29, 1.82) is 0 Å². The molecule has 1 rings (SSSR count). The highest BCUT2D eigenvalue weighted by Gasteiger charge is 2.26. The summed E-state index contributed by atoms with van der Waals surface area (Å²) in [5.74, 6) is 0.330. The Bertz CT molecular complexity index is 432. The number of amides is 1. The van der Waals surface area contributed by atoms with Crippen LogP contribution in [-0.4, -0.2) is 23.0 Å². The molecule has 0 aliphatic carbocycles. The van der Waals surface area contributed by atoms with E-state index < -0.39 is 0 Å². The lowest BCUT2D eigenvalue weighted by molar-refractivity contribution is 0.0898. The summed E-state index contributed by atoms with van der Waals surface area (Å²) in [6.07, 6.45) is 4.04. The van der Waals surface area contributed by atoms with Crippen molar-refractivity contribution < 1.29 is 4.79 Å². The van der Waals surface area contributed by atoms with E-state index in [2.05, 4.69) is 40.1 Å². The smallest absolute Gasteiger partial charge is 0.253 e. The number of rotatable bonds is 5. The maximum absolute atomic E-state index is 12.1. The lowest BCUT2D eigenvalue weighted by Crippen LogP contribution is -2.52. The van der Waals surface area contributed by atoms with E-state index in [1.807, 2.05) is 6.92 Å². The fraction of sp³-hybridized carbons (Fsp3) is 0.538. The molecule has 0 fully saturated rings. The highest BCUT2D eigenvalue weighted by Crippen LogP contribution is 2.17. The van der Waals surface area contributed by atoms with E-state index in [0.717, 1.165) is 10.9 Å². The number of aromatic nitrogens is 1. The Labute approximate surface area is 141 Å². The van der Waals surface area contributed by atoms with Gasteiger partial charge in [0.05, 0.1) is 5.56 Å². The molecular formula is C13H22BrCl2N3O. The van der Waals surface area contributed by atoms with Crippen LogP contribution in [0.15, 0.2) is 22.9 Å². The number of halogens is 3. The lowest BCUT2D eigenvalue weighted by Gasteiger charge is -2.31. The molecule has 0 saturated heterocycles. The number of carbonyl (C=O) groups excluding carboxylic acids is 1. The molecule has 1 amide bonds. The average molecular weight is 387 g/mol. The van der Waals surface area contributed by atoms with Crippen molar-refractivity contribution in [1.82, 2.24) is 10.3 Å². The Morgan fingerprint density at radius 2 is 2.05 bits per heavy atom. The van der Waals surface area contributed by atoms with Crippen molar-refractivity contribution in [3.8, 4) is 0 Å². The van der Waals surface area contributed by atoms with Crippen LogP contribution in [0.1, 0.15) is 37.6 Å². The first-order valence-electron chi connectivity index (χ1n) is 5.99. The zero-order valence-electron chi connectivity index (χ0n) is 11.9. The van der Waals surface area contributed by atoms with Crippen LogP contribution < -0.4 is 11.1 Å². The Balaban J connectivity index is 0. The zero-order valence-corrected chi connectivity index (χ0v) is 15.1. The minimum absolute atomic E-state index is 0. The zero-order chi connectivity index (χ0) is 13.8. The van der Waals surface area contributed by atoms with Crippen LogP contribution in [-0.2, 0) is 0 Å². The van der Waals surface area contributed by atoms with Gasteiger partial charge in [-0.05, 0) is 41.3 Å². The van der Waals surface area contributed by atoms with Crippen molar-refractivity contribution >= 4 is 46.7 Å². The van der Waals surface area contributed by atoms with E-state index in [0.29, 0.717) is 18.0 Å². The summed E-state index contributed by atoms with van der Waals surface area (Å²) in [5.41, 5.74) is 5.93. The number of nitrogens with zero attached hydrogens (tertiary/aromatic N) is 1. The molecule has 0 bridgehead atoms. The second kappa shape index (κ2) is 9.55. The molecular weight excluding hydrogens is 365 g/mol. The third-order valence-electron chi connectivity index (χ3n) is 2.69. The summed E-state index contributed by atoms with van der Waals surface area (Å²) in [4.78, 5) is 16.1. The standard InChI is InChI=1S/C13H20BrN3O.2ClH/c1-9(2)5-13(3,8-15)17-12(18)10-4-11(14)7-16-6-10;;/h4,6-7,9H,5,8,15H2,1-3H3,(H,17,18);2*1H. The molecule has 20 heavy (non-hydrogen) atoms. The van der Waals surface area contributed by atoms with E-state index in [9.17, 15) is 4.79 Å². The summed E-state index contributed by atoms with van der Waals surface area (Å²) < 4.78 is 0.786. The van der Waals surface area contributed by atoms with E-state index in [4.69, 9.17) is 5.73 Å². The summed E-state index contributed by atoms with van der Waals surface area (Å²) in [6, 6.07) is 1.74. The third-order valence-corrected chi connectivity index (χ3v) is 3.13. The average Bonchev–Trinajstić information content (AvgIpc) is 2.27. The molecule has 1 aromatic rings. The molecule has 0 aliphatic rings. The number of hydrogen-bond donors (Lipinski definition) is 2. The Hall–Kier alpha value is -0.360. The van der Waals surface area contributed by atoms with E-state index in [1.54, 1.807) is 18.5 Å². The van der Waals surface area contributed by atoms with Gasteiger partial charge in [-0.3, -0.25) is 9.78 Å². The molecule has 4 nitrogen and oxygen atoms in total. The second-order valence-corrected chi connectivity index (χ2v) is 6.12. The molecule has 0 aromatic carbocycles. The summed E-state index contributed by atoms with van der Waals surface area (Å²) >= 11 is 3.30. The van der Waals surface area contributed by atoms with Gasteiger partial charge in [-0.25, -0.2) is 0 Å². The van der Waals surface area contributed by atoms with Gasteiger partial charge in [-0.15, -0.1) is 24.8 Å². The predicted octanol–water partition coefficient (Wildman–Crippen LogP) is 3.18. The Morgan fingerprint density at radius 1 is 1.45 bits per heavy atom. The van der Waals surface area contributed by atoms with Crippen LogP contribution in [0.5, 0.6) is 0 Å². The summed E-state index contributed by atoms with van der Waals surface area (Å²) in [6.45, 7) is 6.61. The van der Waals surface area contributed by atoms with Gasteiger partial charge in [0.15, 0.2) is 0 Å². The van der Waals surface area contributed by atoms with Crippen molar-refractivity contribution in [2.45, 2.75) is 32.7 Å². The van der Waals surface area contributed by atoms with E-state index >= 15 is 0 Å². The van der Waals surface area contributed by atoms with Crippen LogP contribution in [0, 0.1) is 5.92 Å². The van der Waals surface area contributed by atoms with Gasteiger partial charge in [0.1, 0.15) is 0 Å². The number of nitrogens with two attached hydrogens (primary N) is 1. The second-order valence-electron chi connectivity index (χ2n) is 5.21. The normalized spacial score (nSPS) is 12.9. The van der Waals surface area contributed by atoms with Crippen molar-refractivity contribution in [3.05, 3.63) is 28.5 Å². The predicted molar refractivity (Wildman–Crippen MR) is 90.8 cm³/mol. The minimum atomic E-state index is -0.381. The molecule has 1 atom stereocenters. The molecule has 0 spiro atoms. The summed E-state index contributed by atoms with van der Waals surface area (Å²) in [7, 11) is 0. The number of pyridine rings is 1. The van der Waals surface area contributed by atoms with E-state index in [-0.39, 0.29) is 36.3 Å². The van der Waals surface area contributed by atoms with Crippen molar-refractivity contribution in [2.24, 2.45) is 11.7 Å². The highest BCUT2D eigenvalue weighted by molar-refractivity contribution is 9.10. The van der Waals surface area contributed by atoms with Gasteiger partial charge in [0.25, 0.3) is 5.91 Å². The molecule has 7 heteroatoms. The van der Waals surface area contributed by atoms with Crippen molar-refractivity contribution in [2.75, 3.05) is 6.54 Å².